The Morgan fingerprint density at radius 2 is 1.64 bits per heavy atom. The molecule has 1 unspecified atom stereocenters. The van der Waals surface area contributed by atoms with E-state index in [1.807, 2.05) is 0 Å². The second-order valence-corrected chi connectivity index (χ2v) is 4.89. The Hall–Kier alpha value is -0.0800. The Bertz CT molecular complexity index is 132. The summed E-state index contributed by atoms with van der Waals surface area (Å²) < 4.78 is 0. The molecule has 0 fully saturated rings. The summed E-state index contributed by atoms with van der Waals surface area (Å²) in [5, 5.41) is 3.40. The molecule has 0 radical (unpaired) electrons. The van der Waals surface area contributed by atoms with Crippen LogP contribution >= 0.6 is 0 Å². The van der Waals surface area contributed by atoms with Gasteiger partial charge >= 0.3 is 0 Å². The summed E-state index contributed by atoms with van der Waals surface area (Å²) in [5.41, 5.74) is 0. The van der Waals surface area contributed by atoms with E-state index < -0.39 is 0 Å². The molecule has 0 heterocycles. The van der Waals surface area contributed by atoms with Gasteiger partial charge in [0.2, 0.25) is 0 Å². The summed E-state index contributed by atoms with van der Waals surface area (Å²) in [6.45, 7) is 14.9. The van der Waals surface area contributed by atoms with Crippen molar-refractivity contribution in [1.29, 1.82) is 0 Å². The molecule has 1 N–H and O–H groups in total. The molecule has 0 aromatic rings. The molecule has 0 saturated carbocycles. The van der Waals surface area contributed by atoms with E-state index in [1.54, 1.807) is 0 Å². The minimum atomic E-state index is 0.619. The van der Waals surface area contributed by atoms with Crippen molar-refractivity contribution >= 4 is 0 Å². The second-order valence-electron chi connectivity index (χ2n) is 4.89. The summed E-state index contributed by atoms with van der Waals surface area (Å²) in [6.07, 6.45) is 0. The van der Waals surface area contributed by atoms with Crippen molar-refractivity contribution in [3.63, 3.8) is 0 Å². The number of hydrogen-bond donors (Lipinski definition) is 1. The standard InChI is InChI=1S/C12H28N2/c1-7-14(8-10(2)3)9-12(13-6)11(4)5/h10-13H,7-9H2,1-6H3. The first kappa shape index (κ1) is 13.9. The molecule has 0 spiro atoms. The highest BCUT2D eigenvalue weighted by Gasteiger charge is 2.15. The van der Waals surface area contributed by atoms with E-state index in [0.29, 0.717) is 12.0 Å². The van der Waals surface area contributed by atoms with Gasteiger partial charge in [-0.05, 0) is 25.4 Å². The Morgan fingerprint density at radius 3 is 1.93 bits per heavy atom. The Balaban J connectivity index is 4.00. The second kappa shape index (κ2) is 7.24. The van der Waals surface area contributed by atoms with Crippen molar-refractivity contribution in [3.05, 3.63) is 0 Å². The number of rotatable bonds is 7. The zero-order valence-corrected chi connectivity index (χ0v) is 10.8. The Morgan fingerprint density at radius 1 is 1.07 bits per heavy atom. The highest BCUT2D eigenvalue weighted by Crippen LogP contribution is 2.05. The lowest BCUT2D eigenvalue weighted by molar-refractivity contribution is 0.211. The van der Waals surface area contributed by atoms with Gasteiger partial charge in [0, 0.05) is 19.1 Å². The maximum atomic E-state index is 3.40. The minimum Gasteiger partial charge on any atom is -0.315 e. The number of likely N-dealkylation sites (N-methyl/N-ethyl adjacent to an activating group) is 2. The van der Waals surface area contributed by atoms with E-state index in [2.05, 4.69) is 51.9 Å². The molecule has 14 heavy (non-hydrogen) atoms. The highest BCUT2D eigenvalue weighted by molar-refractivity contribution is 4.73. The molecule has 0 aliphatic rings. The SMILES string of the molecule is CCN(CC(C)C)CC(NC)C(C)C. The van der Waals surface area contributed by atoms with Gasteiger partial charge in [0.1, 0.15) is 0 Å². The average Bonchev–Trinajstić information content (AvgIpc) is 2.10. The minimum absolute atomic E-state index is 0.619. The van der Waals surface area contributed by atoms with E-state index in [9.17, 15) is 0 Å². The third kappa shape index (κ3) is 5.61. The molecule has 0 saturated heterocycles. The molecule has 2 heteroatoms. The van der Waals surface area contributed by atoms with Crippen LogP contribution < -0.4 is 5.32 Å². The third-order valence-electron chi connectivity index (χ3n) is 2.70. The first-order valence-electron chi connectivity index (χ1n) is 5.90. The van der Waals surface area contributed by atoms with Crippen LogP contribution in [-0.4, -0.2) is 37.6 Å². The Labute approximate surface area is 90.1 Å². The topological polar surface area (TPSA) is 15.3 Å². The van der Waals surface area contributed by atoms with Crippen molar-refractivity contribution < 1.29 is 0 Å². The van der Waals surface area contributed by atoms with Gasteiger partial charge < -0.3 is 10.2 Å². The van der Waals surface area contributed by atoms with E-state index in [0.717, 1.165) is 12.5 Å². The summed E-state index contributed by atoms with van der Waals surface area (Å²) >= 11 is 0. The first-order chi connectivity index (χ1) is 6.51. The highest BCUT2D eigenvalue weighted by atomic mass is 15.1. The van der Waals surface area contributed by atoms with Crippen molar-refractivity contribution in [2.24, 2.45) is 11.8 Å². The van der Waals surface area contributed by atoms with Gasteiger partial charge in [-0.3, -0.25) is 0 Å². The van der Waals surface area contributed by atoms with E-state index in [4.69, 9.17) is 0 Å². The molecule has 0 bridgehead atoms. The van der Waals surface area contributed by atoms with Gasteiger partial charge in [0.05, 0.1) is 0 Å². The molecule has 0 rings (SSSR count). The zero-order valence-electron chi connectivity index (χ0n) is 10.8. The summed E-state index contributed by atoms with van der Waals surface area (Å²) in [6, 6.07) is 0.619. The van der Waals surface area contributed by atoms with Crippen LogP contribution in [0.2, 0.25) is 0 Å². The molecule has 1 atom stereocenters. The van der Waals surface area contributed by atoms with Crippen molar-refractivity contribution in [1.82, 2.24) is 10.2 Å². The van der Waals surface area contributed by atoms with Crippen LogP contribution in [0.3, 0.4) is 0 Å². The quantitative estimate of drug-likeness (QED) is 0.678. The zero-order chi connectivity index (χ0) is 11.1. The van der Waals surface area contributed by atoms with Gasteiger partial charge in [0.15, 0.2) is 0 Å². The maximum absolute atomic E-state index is 3.40. The van der Waals surface area contributed by atoms with Crippen LogP contribution in [0.4, 0.5) is 0 Å². The lowest BCUT2D eigenvalue weighted by atomic mass is 10.0. The number of nitrogens with zero attached hydrogens (tertiary/aromatic N) is 1. The van der Waals surface area contributed by atoms with E-state index in [-0.39, 0.29) is 0 Å². The molecule has 0 amide bonds. The molecule has 2 nitrogen and oxygen atoms in total. The largest absolute Gasteiger partial charge is 0.315 e. The van der Waals surface area contributed by atoms with Crippen LogP contribution in [0, 0.1) is 11.8 Å². The van der Waals surface area contributed by atoms with Gasteiger partial charge in [-0.1, -0.05) is 34.6 Å². The summed E-state index contributed by atoms with van der Waals surface area (Å²) in [7, 11) is 2.06. The molecule has 0 aliphatic carbocycles. The summed E-state index contributed by atoms with van der Waals surface area (Å²) in [4.78, 5) is 2.53. The third-order valence-corrected chi connectivity index (χ3v) is 2.70. The molecule has 86 valence electrons. The monoisotopic (exact) mass is 200 g/mol. The lowest BCUT2D eigenvalue weighted by Gasteiger charge is -2.29. The fourth-order valence-electron chi connectivity index (χ4n) is 1.76. The summed E-state index contributed by atoms with van der Waals surface area (Å²) in [5.74, 6) is 1.47. The molecule has 0 aliphatic heterocycles. The molecule has 0 aromatic carbocycles. The Kier molecular flexibility index (Phi) is 7.20. The van der Waals surface area contributed by atoms with Crippen LogP contribution in [0.5, 0.6) is 0 Å². The van der Waals surface area contributed by atoms with Gasteiger partial charge in [0.25, 0.3) is 0 Å². The van der Waals surface area contributed by atoms with Gasteiger partial charge in [-0.2, -0.15) is 0 Å². The fraction of sp³-hybridized carbons (Fsp3) is 1.00. The molecule has 0 aromatic heterocycles. The average molecular weight is 200 g/mol. The van der Waals surface area contributed by atoms with E-state index in [1.165, 1.54) is 13.1 Å². The normalized spacial score (nSPS) is 14.4. The van der Waals surface area contributed by atoms with Gasteiger partial charge in [-0.15, -0.1) is 0 Å². The van der Waals surface area contributed by atoms with Crippen LogP contribution in [0.15, 0.2) is 0 Å². The molecular weight excluding hydrogens is 172 g/mol. The first-order valence-corrected chi connectivity index (χ1v) is 5.90. The fourth-order valence-corrected chi connectivity index (χ4v) is 1.76. The van der Waals surface area contributed by atoms with Crippen LogP contribution in [0.25, 0.3) is 0 Å². The van der Waals surface area contributed by atoms with Crippen molar-refractivity contribution in [2.45, 2.75) is 40.7 Å². The van der Waals surface area contributed by atoms with Crippen LogP contribution in [-0.2, 0) is 0 Å². The predicted octanol–water partition coefficient (Wildman–Crippen LogP) is 2.21. The number of nitrogens with one attached hydrogen (secondary N) is 1. The predicted molar refractivity (Wildman–Crippen MR) is 64.6 cm³/mol. The maximum Gasteiger partial charge on any atom is 0.0214 e. The van der Waals surface area contributed by atoms with Crippen molar-refractivity contribution in [2.75, 3.05) is 26.7 Å². The van der Waals surface area contributed by atoms with Gasteiger partial charge in [-0.25, -0.2) is 0 Å². The number of hydrogen-bond acceptors (Lipinski definition) is 2. The lowest BCUT2D eigenvalue weighted by Crippen LogP contribution is -2.43. The smallest absolute Gasteiger partial charge is 0.0214 e. The molecular formula is C12H28N2. The van der Waals surface area contributed by atoms with E-state index >= 15 is 0 Å². The van der Waals surface area contributed by atoms with Crippen molar-refractivity contribution in [3.8, 4) is 0 Å². The van der Waals surface area contributed by atoms with Crippen LogP contribution in [0.1, 0.15) is 34.6 Å².